The van der Waals surface area contributed by atoms with Crippen LogP contribution in [0, 0.1) is 0 Å². The van der Waals surface area contributed by atoms with Crippen LogP contribution in [0.3, 0.4) is 0 Å². The molecule has 0 aliphatic heterocycles. The summed E-state index contributed by atoms with van der Waals surface area (Å²) >= 11 is 1.24. The summed E-state index contributed by atoms with van der Waals surface area (Å²) in [5.74, 6) is -0.517. The molecule has 0 aromatic carbocycles. The molecular weight excluding hydrogens is 292 g/mol. The molecule has 2 aromatic rings. The molecular formula is C14H16N2O4S. The number of carboxylic acid groups (broad SMARTS) is 1. The summed E-state index contributed by atoms with van der Waals surface area (Å²) < 4.78 is 5.24. The van der Waals surface area contributed by atoms with Crippen LogP contribution in [0.4, 0.5) is 0 Å². The molecule has 7 heteroatoms. The topological polar surface area (TPSA) is 83.6 Å². The van der Waals surface area contributed by atoms with Crippen LogP contribution in [0.15, 0.2) is 29.0 Å². The lowest BCUT2D eigenvalue weighted by Crippen LogP contribution is -2.38. The van der Waals surface area contributed by atoms with Gasteiger partial charge in [0.15, 0.2) is 10.8 Å². The van der Waals surface area contributed by atoms with Crippen LogP contribution < -0.4 is 0 Å². The lowest BCUT2D eigenvalue weighted by molar-refractivity contribution is -0.137. The van der Waals surface area contributed by atoms with Crippen molar-refractivity contribution in [2.75, 3.05) is 6.54 Å². The molecule has 0 unspecified atom stereocenters. The van der Waals surface area contributed by atoms with Gasteiger partial charge in [-0.05, 0) is 26.0 Å². The van der Waals surface area contributed by atoms with Gasteiger partial charge < -0.3 is 14.4 Å². The minimum atomic E-state index is -0.922. The van der Waals surface area contributed by atoms with Crippen LogP contribution in [0.1, 0.15) is 29.9 Å². The molecule has 2 heterocycles. The molecule has 2 rings (SSSR count). The summed E-state index contributed by atoms with van der Waals surface area (Å²) in [5, 5.41) is 9.40. The van der Waals surface area contributed by atoms with E-state index in [1.165, 1.54) is 22.4 Å². The molecule has 0 spiro atoms. The Balaban J connectivity index is 2.15. The standard InChI is InChI=1S/C14H16N2O4S/c1-9(2)16(6-5-12(17)18)14(19)11-8-15-13(21-11)10-4-3-7-20-10/h3-4,7-9H,5-6H2,1-2H3,(H,17,18). The van der Waals surface area contributed by atoms with Crippen molar-refractivity contribution in [2.45, 2.75) is 26.3 Å². The van der Waals surface area contributed by atoms with E-state index in [1.807, 2.05) is 13.8 Å². The fourth-order valence-electron chi connectivity index (χ4n) is 1.84. The summed E-state index contributed by atoms with van der Waals surface area (Å²) in [7, 11) is 0. The van der Waals surface area contributed by atoms with Crippen LogP contribution in [-0.2, 0) is 4.79 Å². The molecule has 112 valence electrons. The van der Waals surface area contributed by atoms with E-state index in [4.69, 9.17) is 9.52 Å². The molecule has 0 fully saturated rings. The maximum atomic E-state index is 12.5. The number of thiazole rings is 1. The van der Waals surface area contributed by atoms with Gasteiger partial charge in [0, 0.05) is 12.6 Å². The molecule has 21 heavy (non-hydrogen) atoms. The lowest BCUT2D eigenvalue weighted by Gasteiger charge is -2.25. The van der Waals surface area contributed by atoms with Crippen LogP contribution in [0.25, 0.3) is 10.8 Å². The fraction of sp³-hybridized carbons (Fsp3) is 0.357. The van der Waals surface area contributed by atoms with Crippen LogP contribution in [0.5, 0.6) is 0 Å². The molecule has 0 saturated heterocycles. The second kappa shape index (κ2) is 6.53. The fourth-order valence-corrected chi connectivity index (χ4v) is 2.68. The van der Waals surface area contributed by atoms with E-state index in [-0.39, 0.29) is 24.9 Å². The van der Waals surface area contributed by atoms with E-state index in [2.05, 4.69) is 4.98 Å². The first-order valence-electron chi connectivity index (χ1n) is 6.51. The maximum Gasteiger partial charge on any atom is 0.305 e. The van der Waals surface area contributed by atoms with Gasteiger partial charge in [-0.3, -0.25) is 9.59 Å². The summed E-state index contributed by atoms with van der Waals surface area (Å²) in [5.41, 5.74) is 0. The molecule has 1 amide bonds. The Kier molecular flexibility index (Phi) is 4.74. The molecule has 0 aliphatic carbocycles. The second-order valence-corrected chi connectivity index (χ2v) is 5.77. The molecule has 0 bridgehead atoms. The van der Waals surface area contributed by atoms with Crippen molar-refractivity contribution in [3.05, 3.63) is 29.5 Å². The zero-order chi connectivity index (χ0) is 15.4. The molecule has 0 atom stereocenters. The van der Waals surface area contributed by atoms with Gasteiger partial charge in [-0.1, -0.05) is 0 Å². The number of amides is 1. The Labute approximate surface area is 126 Å². The summed E-state index contributed by atoms with van der Waals surface area (Å²) in [6, 6.07) is 3.45. The van der Waals surface area contributed by atoms with E-state index in [0.29, 0.717) is 15.6 Å². The van der Waals surface area contributed by atoms with E-state index in [1.54, 1.807) is 18.4 Å². The van der Waals surface area contributed by atoms with Crippen molar-refractivity contribution in [1.82, 2.24) is 9.88 Å². The van der Waals surface area contributed by atoms with Gasteiger partial charge in [-0.2, -0.15) is 0 Å². The highest BCUT2D eigenvalue weighted by Gasteiger charge is 2.22. The molecule has 0 radical (unpaired) electrons. The van der Waals surface area contributed by atoms with Gasteiger partial charge in [0.2, 0.25) is 0 Å². The monoisotopic (exact) mass is 308 g/mol. The van der Waals surface area contributed by atoms with Crippen LogP contribution >= 0.6 is 11.3 Å². The van der Waals surface area contributed by atoms with Gasteiger partial charge in [0.25, 0.3) is 5.91 Å². The molecule has 0 saturated carbocycles. The Morgan fingerprint density at radius 3 is 2.81 bits per heavy atom. The molecule has 2 aromatic heterocycles. The highest BCUT2D eigenvalue weighted by Crippen LogP contribution is 2.26. The first-order chi connectivity index (χ1) is 9.99. The predicted molar refractivity (Wildman–Crippen MR) is 78.2 cm³/mol. The number of carbonyl (C=O) groups is 2. The Morgan fingerprint density at radius 1 is 1.48 bits per heavy atom. The summed E-state index contributed by atoms with van der Waals surface area (Å²) in [6.07, 6.45) is 2.97. The van der Waals surface area contributed by atoms with E-state index in [0.717, 1.165) is 0 Å². The Hall–Kier alpha value is -2.15. The average molecular weight is 308 g/mol. The van der Waals surface area contributed by atoms with E-state index in [9.17, 15) is 9.59 Å². The largest absolute Gasteiger partial charge is 0.481 e. The SMILES string of the molecule is CC(C)N(CCC(=O)O)C(=O)c1cnc(-c2ccco2)s1. The minimum Gasteiger partial charge on any atom is -0.481 e. The quantitative estimate of drug-likeness (QED) is 0.887. The number of rotatable bonds is 6. The minimum absolute atomic E-state index is 0.0756. The van der Waals surface area contributed by atoms with E-state index < -0.39 is 5.97 Å². The highest BCUT2D eigenvalue weighted by molar-refractivity contribution is 7.16. The number of furan rings is 1. The Morgan fingerprint density at radius 2 is 2.24 bits per heavy atom. The van der Waals surface area contributed by atoms with Crippen molar-refractivity contribution < 1.29 is 19.1 Å². The normalized spacial score (nSPS) is 10.8. The smallest absolute Gasteiger partial charge is 0.305 e. The van der Waals surface area contributed by atoms with E-state index >= 15 is 0 Å². The molecule has 1 N–H and O–H groups in total. The third kappa shape index (κ3) is 3.69. The van der Waals surface area contributed by atoms with Gasteiger partial charge in [0.05, 0.1) is 18.9 Å². The number of aromatic nitrogens is 1. The maximum absolute atomic E-state index is 12.5. The third-order valence-corrected chi connectivity index (χ3v) is 3.90. The van der Waals surface area contributed by atoms with Crippen molar-refractivity contribution in [2.24, 2.45) is 0 Å². The van der Waals surface area contributed by atoms with Gasteiger partial charge in [0.1, 0.15) is 4.88 Å². The summed E-state index contributed by atoms with van der Waals surface area (Å²) in [4.78, 5) is 29.3. The number of carboxylic acids is 1. The number of nitrogens with zero attached hydrogens (tertiary/aromatic N) is 2. The number of carbonyl (C=O) groups excluding carboxylic acids is 1. The summed E-state index contributed by atoms with van der Waals surface area (Å²) in [6.45, 7) is 3.89. The van der Waals surface area contributed by atoms with Crippen LogP contribution in [-0.4, -0.2) is 39.5 Å². The first-order valence-corrected chi connectivity index (χ1v) is 7.33. The van der Waals surface area contributed by atoms with Crippen molar-refractivity contribution >= 4 is 23.2 Å². The number of hydrogen-bond donors (Lipinski definition) is 1. The average Bonchev–Trinajstić information content (AvgIpc) is 3.09. The third-order valence-electron chi connectivity index (χ3n) is 2.90. The molecule has 0 aliphatic rings. The van der Waals surface area contributed by atoms with Gasteiger partial charge >= 0.3 is 5.97 Å². The lowest BCUT2D eigenvalue weighted by atomic mass is 10.2. The Bertz CT molecular complexity index is 619. The van der Waals surface area contributed by atoms with Crippen LogP contribution in [0.2, 0.25) is 0 Å². The van der Waals surface area contributed by atoms with Crippen molar-refractivity contribution in [3.8, 4) is 10.8 Å². The first kappa shape index (κ1) is 15.2. The van der Waals surface area contributed by atoms with Crippen molar-refractivity contribution in [1.29, 1.82) is 0 Å². The van der Waals surface area contributed by atoms with Crippen molar-refractivity contribution in [3.63, 3.8) is 0 Å². The predicted octanol–water partition coefficient (Wildman–Crippen LogP) is 2.73. The zero-order valence-electron chi connectivity index (χ0n) is 11.8. The molecule has 6 nitrogen and oxygen atoms in total. The zero-order valence-corrected chi connectivity index (χ0v) is 12.6. The number of hydrogen-bond acceptors (Lipinski definition) is 5. The van der Waals surface area contributed by atoms with Gasteiger partial charge in [-0.15, -0.1) is 11.3 Å². The van der Waals surface area contributed by atoms with Gasteiger partial charge in [-0.25, -0.2) is 4.98 Å². The number of aliphatic carboxylic acids is 1. The highest BCUT2D eigenvalue weighted by atomic mass is 32.1. The second-order valence-electron chi connectivity index (χ2n) is 4.74.